The fourth-order valence-corrected chi connectivity index (χ4v) is 3.46. The van der Waals surface area contributed by atoms with E-state index in [1.165, 1.54) is 0 Å². The lowest BCUT2D eigenvalue weighted by Gasteiger charge is -2.06. The predicted octanol–water partition coefficient (Wildman–Crippen LogP) is 3.55. The largest absolute Gasteiger partial charge is 0.320 e. The molecule has 0 radical (unpaired) electrons. The minimum atomic E-state index is -0.688. The number of ketones is 1. The molecule has 3 aromatic heterocycles. The Labute approximate surface area is 174 Å². The van der Waals surface area contributed by atoms with E-state index in [1.807, 2.05) is 60.0 Å². The third-order valence-corrected chi connectivity index (χ3v) is 4.97. The number of hydrogen-bond donors (Lipinski definition) is 1. The lowest BCUT2D eigenvalue weighted by atomic mass is 10.1. The van der Waals surface area contributed by atoms with Gasteiger partial charge in [0.1, 0.15) is 5.82 Å². The highest BCUT2D eigenvalue weighted by Crippen LogP contribution is 2.21. The van der Waals surface area contributed by atoms with Crippen LogP contribution < -0.4 is 5.32 Å². The van der Waals surface area contributed by atoms with Crippen molar-refractivity contribution < 1.29 is 9.59 Å². The van der Waals surface area contributed by atoms with Gasteiger partial charge in [0.15, 0.2) is 0 Å². The van der Waals surface area contributed by atoms with Gasteiger partial charge >= 0.3 is 0 Å². The van der Waals surface area contributed by atoms with Crippen molar-refractivity contribution >= 4 is 23.0 Å². The summed E-state index contributed by atoms with van der Waals surface area (Å²) in [5.74, 6) is 1.82. The van der Waals surface area contributed by atoms with Crippen molar-refractivity contribution in [1.29, 1.82) is 0 Å². The van der Waals surface area contributed by atoms with Crippen molar-refractivity contribution in [2.45, 2.75) is 19.9 Å². The molecule has 6 heteroatoms. The number of hydrogen-bond acceptors (Lipinski definition) is 3. The molecule has 0 atom stereocenters. The Morgan fingerprint density at radius 2 is 1.93 bits per heavy atom. The first kappa shape index (κ1) is 19.2. The Balaban J connectivity index is 1.65. The minimum Gasteiger partial charge on any atom is -0.320 e. The molecule has 0 bridgehead atoms. The van der Waals surface area contributed by atoms with Crippen LogP contribution in [0.1, 0.15) is 34.1 Å². The van der Waals surface area contributed by atoms with Gasteiger partial charge in [-0.25, -0.2) is 4.68 Å². The highest BCUT2D eigenvalue weighted by atomic mass is 16.2. The number of amides is 1. The van der Waals surface area contributed by atoms with Crippen LogP contribution >= 0.6 is 0 Å². The predicted molar refractivity (Wildman–Crippen MR) is 115 cm³/mol. The van der Waals surface area contributed by atoms with Gasteiger partial charge in [0.2, 0.25) is 0 Å². The summed E-state index contributed by atoms with van der Waals surface area (Å²) in [6.45, 7) is 2.50. The van der Waals surface area contributed by atoms with E-state index in [2.05, 4.69) is 16.3 Å². The summed E-state index contributed by atoms with van der Waals surface area (Å²) in [4.78, 5) is 25.6. The van der Waals surface area contributed by atoms with Crippen LogP contribution in [0.25, 0.3) is 5.52 Å². The van der Waals surface area contributed by atoms with Gasteiger partial charge in [0.05, 0.1) is 17.3 Å². The van der Waals surface area contributed by atoms with E-state index in [4.69, 9.17) is 6.42 Å². The number of rotatable bonds is 6. The number of fused-ring (bicyclic) bond motifs is 1. The third-order valence-electron chi connectivity index (χ3n) is 4.97. The number of nitrogens with one attached hydrogen (secondary N) is 1. The average molecular weight is 396 g/mol. The Bertz CT molecular complexity index is 1270. The van der Waals surface area contributed by atoms with E-state index in [0.29, 0.717) is 29.9 Å². The monoisotopic (exact) mass is 396 g/mol. The molecule has 1 N–H and O–H groups in total. The van der Waals surface area contributed by atoms with Crippen molar-refractivity contribution in [1.82, 2.24) is 14.2 Å². The van der Waals surface area contributed by atoms with Gasteiger partial charge in [-0.15, -0.1) is 6.42 Å². The molecule has 0 aliphatic rings. The standard InChI is InChI=1S/C24H20N4O2/c1-3-17-8-10-18(11-9-17)15-19-16-20(21-7-5-6-14-27(19)21)23(29)24(30)26-22-12-13-25-28(22)4-2/h1,5-14,16H,4,15H2,2H3,(H,26,30). The van der Waals surface area contributed by atoms with Crippen LogP contribution in [0.3, 0.4) is 0 Å². The van der Waals surface area contributed by atoms with Crippen LogP contribution in [0, 0.1) is 12.3 Å². The first-order chi connectivity index (χ1) is 14.6. The van der Waals surface area contributed by atoms with Crippen molar-refractivity contribution in [2.75, 3.05) is 5.32 Å². The van der Waals surface area contributed by atoms with Gasteiger partial charge in [-0.1, -0.05) is 24.1 Å². The zero-order valence-electron chi connectivity index (χ0n) is 16.5. The topological polar surface area (TPSA) is 68.4 Å². The number of aromatic nitrogens is 3. The smallest absolute Gasteiger partial charge is 0.297 e. The molecule has 0 aliphatic heterocycles. The molecule has 0 unspecified atom stereocenters. The van der Waals surface area contributed by atoms with Crippen molar-refractivity contribution in [2.24, 2.45) is 0 Å². The van der Waals surface area contributed by atoms with E-state index in [9.17, 15) is 9.59 Å². The lowest BCUT2D eigenvalue weighted by Crippen LogP contribution is -2.24. The number of terminal acetylenes is 1. The molecule has 0 saturated carbocycles. The van der Waals surface area contributed by atoms with E-state index in [1.54, 1.807) is 23.0 Å². The average Bonchev–Trinajstić information content (AvgIpc) is 3.38. The van der Waals surface area contributed by atoms with Crippen LogP contribution in [0.4, 0.5) is 5.82 Å². The summed E-state index contributed by atoms with van der Waals surface area (Å²) in [5.41, 5.74) is 3.85. The molecule has 1 aromatic carbocycles. The molecule has 4 aromatic rings. The number of carbonyl (C=O) groups excluding carboxylic acids is 2. The summed E-state index contributed by atoms with van der Waals surface area (Å²) in [6, 6.07) is 16.7. The molecule has 0 spiro atoms. The van der Waals surface area contributed by atoms with Gasteiger partial charge < -0.3 is 9.72 Å². The number of benzene rings is 1. The maximum absolute atomic E-state index is 13.0. The first-order valence-corrected chi connectivity index (χ1v) is 9.62. The first-order valence-electron chi connectivity index (χ1n) is 9.62. The molecule has 3 heterocycles. The zero-order chi connectivity index (χ0) is 21.1. The number of pyridine rings is 1. The normalized spacial score (nSPS) is 10.7. The Morgan fingerprint density at radius 1 is 1.13 bits per heavy atom. The number of aryl methyl sites for hydroxylation is 1. The second kappa shape index (κ2) is 8.10. The van der Waals surface area contributed by atoms with Crippen molar-refractivity contribution in [3.63, 3.8) is 0 Å². The fourth-order valence-electron chi connectivity index (χ4n) is 3.46. The van der Waals surface area contributed by atoms with Crippen LogP contribution in [0.15, 0.2) is 67.0 Å². The molecule has 0 aliphatic carbocycles. The van der Waals surface area contributed by atoms with E-state index < -0.39 is 11.7 Å². The Hall–Kier alpha value is -4.11. The summed E-state index contributed by atoms with van der Waals surface area (Å²) in [5, 5.41) is 6.77. The molecule has 4 rings (SSSR count). The molecular formula is C24H20N4O2. The van der Waals surface area contributed by atoms with E-state index in [0.717, 1.165) is 16.8 Å². The van der Waals surface area contributed by atoms with Crippen molar-refractivity contribution in [3.05, 3.63) is 89.4 Å². The lowest BCUT2D eigenvalue weighted by molar-refractivity contribution is -0.112. The molecule has 0 fully saturated rings. The molecule has 148 valence electrons. The van der Waals surface area contributed by atoms with Crippen LogP contribution in [0.5, 0.6) is 0 Å². The van der Waals surface area contributed by atoms with Crippen LogP contribution in [0.2, 0.25) is 0 Å². The van der Waals surface area contributed by atoms with Gasteiger partial charge in [0, 0.05) is 36.5 Å². The third kappa shape index (κ3) is 3.61. The SMILES string of the molecule is C#Cc1ccc(Cc2cc(C(=O)C(=O)Nc3ccnn3CC)c3ccccn23)cc1. The molecule has 30 heavy (non-hydrogen) atoms. The van der Waals surface area contributed by atoms with Crippen molar-refractivity contribution in [3.8, 4) is 12.3 Å². The Morgan fingerprint density at radius 3 is 2.67 bits per heavy atom. The summed E-state index contributed by atoms with van der Waals surface area (Å²) in [7, 11) is 0. The molecular weight excluding hydrogens is 376 g/mol. The summed E-state index contributed by atoms with van der Waals surface area (Å²) in [6.07, 6.45) is 9.50. The van der Waals surface area contributed by atoms with Crippen LogP contribution in [-0.2, 0) is 17.8 Å². The quantitative estimate of drug-likeness (QED) is 0.308. The van der Waals surface area contributed by atoms with Gasteiger partial charge in [-0.2, -0.15) is 5.10 Å². The van der Waals surface area contributed by atoms with E-state index in [-0.39, 0.29) is 0 Å². The molecule has 6 nitrogen and oxygen atoms in total. The zero-order valence-corrected chi connectivity index (χ0v) is 16.5. The number of nitrogens with zero attached hydrogens (tertiary/aromatic N) is 3. The number of carbonyl (C=O) groups is 2. The molecule has 1 amide bonds. The highest BCUT2D eigenvalue weighted by molar-refractivity contribution is 6.47. The number of Topliss-reactive ketones (excluding diaryl/α,β-unsaturated/α-hetero) is 1. The minimum absolute atomic E-state index is 0.367. The maximum atomic E-state index is 13.0. The van der Waals surface area contributed by atoms with Gasteiger partial charge in [0.25, 0.3) is 11.7 Å². The number of anilines is 1. The second-order valence-corrected chi connectivity index (χ2v) is 6.84. The van der Waals surface area contributed by atoms with Gasteiger partial charge in [-0.3, -0.25) is 9.59 Å². The highest BCUT2D eigenvalue weighted by Gasteiger charge is 2.22. The van der Waals surface area contributed by atoms with Gasteiger partial charge in [-0.05, 0) is 42.8 Å². The second-order valence-electron chi connectivity index (χ2n) is 6.84. The van der Waals surface area contributed by atoms with E-state index >= 15 is 0 Å². The summed E-state index contributed by atoms with van der Waals surface area (Å²) < 4.78 is 3.56. The fraction of sp³-hybridized carbons (Fsp3) is 0.125. The maximum Gasteiger partial charge on any atom is 0.297 e. The molecule has 0 saturated heterocycles. The summed E-state index contributed by atoms with van der Waals surface area (Å²) >= 11 is 0. The Kier molecular flexibility index (Phi) is 5.19. The van der Waals surface area contributed by atoms with Crippen LogP contribution in [-0.4, -0.2) is 25.9 Å².